The first kappa shape index (κ1) is 21.1. The fourth-order valence-electron chi connectivity index (χ4n) is 3.32. The van der Waals surface area contributed by atoms with E-state index >= 15 is 0 Å². The molecule has 1 aromatic heterocycles. The Balaban J connectivity index is 1.66. The second kappa shape index (κ2) is 8.37. The van der Waals surface area contributed by atoms with E-state index in [1.165, 1.54) is 15.9 Å². The van der Waals surface area contributed by atoms with E-state index in [2.05, 4.69) is 5.10 Å². The molecule has 0 saturated heterocycles. The third kappa shape index (κ3) is 4.51. The number of ether oxygens (including phenoxy) is 2. The lowest BCUT2D eigenvalue weighted by Crippen LogP contribution is -2.44. The molecule has 0 aliphatic carbocycles. The fraction of sp³-hybridized carbons (Fsp3) is 0.500. The standard InChI is InChI=1S/C18H24N4O6S/c1-4-20(11-15-12-27-16-7-5-6-8-17(16)28-15)29(25,26)10-9-21-14(3)18(22(23)24)13(2)19-21/h5-8,15H,4,9-12H2,1-3H3/t15-/m1/s1. The Morgan fingerprint density at radius 2 is 2.00 bits per heavy atom. The highest BCUT2D eigenvalue weighted by molar-refractivity contribution is 7.89. The predicted octanol–water partition coefficient (Wildman–Crippen LogP) is 1.90. The van der Waals surface area contributed by atoms with E-state index in [1.54, 1.807) is 26.0 Å². The van der Waals surface area contributed by atoms with Crippen molar-refractivity contribution in [3.8, 4) is 11.5 Å². The van der Waals surface area contributed by atoms with E-state index in [0.717, 1.165) is 0 Å². The molecule has 1 aromatic carbocycles. The average Bonchev–Trinajstić information content (AvgIpc) is 2.97. The number of likely N-dealkylation sites (N-methyl/N-ethyl adjacent to an activating group) is 1. The number of hydrogen-bond donors (Lipinski definition) is 0. The zero-order valence-electron chi connectivity index (χ0n) is 16.6. The lowest BCUT2D eigenvalue weighted by molar-refractivity contribution is -0.386. The molecule has 0 saturated carbocycles. The first-order valence-electron chi connectivity index (χ1n) is 9.27. The molecule has 2 heterocycles. The molecule has 0 spiro atoms. The van der Waals surface area contributed by atoms with Crippen LogP contribution in [0.4, 0.5) is 5.69 Å². The molecule has 29 heavy (non-hydrogen) atoms. The lowest BCUT2D eigenvalue weighted by atomic mass is 10.2. The van der Waals surface area contributed by atoms with E-state index < -0.39 is 21.1 Å². The Labute approximate surface area is 169 Å². The van der Waals surface area contributed by atoms with E-state index in [9.17, 15) is 18.5 Å². The predicted molar refractivity (Wildman–Crippen MR) is 106 cm³/mol. The van der Waals surface area contributed by atoms with Crippen molar-refractivity contribution >= 4 is 15.7 Å². The Morgan fingerprint density at radius 1 is 1.31 bits per heavy atom. The van der Waals surface area contributed by atoms with Gasteiger partial charge in [-0.1, -0.05) is 19.1 Å². The van der Waals surface area contributed by atoms with Gasteiger partial charge in [-0.25, -0.2) is 8.42 Å². The zero-order valence-corrected chi connectivity index (χ0v) is 17.4. The van der Waals surface area contributed by atoms with Crippen LogP contribution in [0, 0.1) is 24.0 Å². The van der Waals surface area contributed by atoms with Crippen LogP contribution in [0.5, 0.6) is 11.5 Å². The number of rotatable bonds is 8. The van der Waals surface area contributed by atoms with Gasteiger partial charge in [-0.2, -0.15) is 9.40 Å². The van der Waals surface area contributed by atoms with Gasteiger partial charge in [0, 0.05) is 6.54 Å². The minimum absolute atomic E-state index is 0.0319. The molecular formula is C18H24N4O6S. The topological polar surface area (TPSA) is 117 Å². The molecule has 1 aliphatic heterocycles. The lowest BCUT2D eigenvalue weighted by Gasteiger charge is -2.30. The maximum absolute atomic E-state index is 12.8. The molecule has 0 bridgehead atoms. The maximum atomic E-state index is 12.8. The van der Waals surface area contributed by atoms with E-state index in [4.69, 9.17) is 9.47 Å². The monoisotopic (exact) mass is 424 g/mol. The van der Waals surface area contributed by atoms with Crippen molar-refractivity contribution in [2.75, 3.05) is 25.4 Å². The van der Waals surface area contributed by atoms with Gasteiger partial charge in [0.2, 0.25) is 10.0 Å². The Morgan fingerprint density at radius 3 is 2.62 bits per heavy atom. The Kier molecular flexibility index (Phi) is 6.08. The third-order valence-corrected chi connectivity index (χ3v) is 6.70. The number of aryl methyl sites for hydroxylation is 2. The van der Waals surface area contributed by atoms with Crippen LogP contribution >= 0.6 is 0 Å². The molecule has 0 fully saturated rings. The summed E-state index contributed by atoms with van der Waals surface area (Å²) in [5, 5.41) is 15.2. The second-order valence-electron chi connectivity index (χ2n) is 6.76. The van der Waals surface area contributed by atoms with Gasteiger partial charge in [0.05, 0.1) is 23.8 Å². The van der Waals surface area contributed by atoms with Crippen molar-refractivity contribution in [1.82, 2.24) is 14.1 Å². The summed E-state index contributed by atoms with van der Waals surface area (Å²) in [6.07, 6.45) is -0.422. The fourth-order valence-corrected chi connectivity index (χ4v) is 4.77. The molecule has 2 aromatic rings. The molecule has 0 N–H and O–H groups in total. The van der Waals surface area contributed by atoms with Gasteiger partial charge >= 0.3 is 5.69 Å². The maximum Gasteiger partial charge on any atom is 0.312 e. The molecule has 0 radical (unpaired) electrons. The van der Waals surface area contributed by atoms with Gasteiger partial charge in [0.1, 0.15) is 24.1 Å². The van der Waals surface area contributed by atoms with Crippen LogP contribution in [0.15, 0.2) is 24.3 Å². The van der Waals surface area contributed by atoms with Crippen molar-refractivity contribution < 1.29 is 22.8 Å². The number of hydrogen-bond acceptors (Lipinski definition) is 7. The van der Waals surface area contributed by atoms with Crippen molar-refractivity contribution in [3.63, 3.8) is 0 Å². The van der Waals surface area contributed by atoms with Gasteiger partial charge in [0.25, 0.3) is 0 Å². The van der Waals surface area contributed by atoms with Crippen LogP contribution in [0.25, 0.3) is 0 Å². The number of fused-ring (bicyclic) bond motifs is 1. The summed E-state index contributed by atoms with van der Waals surface area (Å²) in [6, 6.07) is 7.25. The number of nitrogens with zero attached hydrogens (tertiary/aromatic N) is 4. The highest BCUT2D eigenvalue weighted by Gasteiger charge is 2.29. The van der Waals surface area contributed by atoms with Crippen LogP contribution in [-0.2, 0) is 16.6 Å². The Hall–Kier alpha value is -2.66. The molecule has 1 aliphatic rings. The van der Waals surface area contributed by atoms with Gasteiger partial charge in [-0.15, -0.1) is 0 Å². The summed E-state index contributed by atoms with van der Waals surface area (Å²) in [6.45, 7) is 5.57. The molecule has 0 unspecified atom stereocenters. The van der Waals surface area contributed by atoms with E-state index in [1.807, 2.05) is 12.1 Å². The molecule has 1 atom stereocenters. The van der Waals surface area contributed by atoms with Crippen molar-refractivity contribution in [3.05, 3.63) is 45.8 Å². The molecule has 158 valence electrons. The highest BCUT2D eigenvalue weighted by atomic mass is 32.2. The molecule has 3 rings (SSSR count). The first-order chi connectivity index (χ1) is 13.7. The van der Waals surface area contributed by atoms with Gasteiger partial charge in [0.15, 0.2) is 11.5 Å². The summed E-state index contributed by atoms with van der Waals surface area (Å²) in [4.78, 5) is 10.6. The minimum atomic E-state index is -3.62. The molecule has 0 amide bonds. The number of nitro groups is 1. The quantitative estimate of drug-likeness (QED) is 0.469. The van der Waals surface area contributed by atoms with Crippen LogP contribution < -0.4 is 9.47 Å². The molecule has 10 nitrogen and oxygen atoms in total. The van der Waals surface area contributed by atoms with E-state index in [0.29, 0.717) is 17.2 Å². The minimum Gasteiger partial charge on any atom is -0.486 e. The smallest absolute Gasteiger partial charge is 0.312 e. The average molecular weight is 424 g/mol. The van der Waals surface area contributed by atoms with Crippen LogP contribution in [0.2, 0.25) is 0 Å². The second-order valence-corrected chi connectivity index (χ2v) is 8.85. The first-order valence-corrected chi connectivity index (χ1v) is 10.9. The Bertz CT molecular complexity index is 1000. The highest BCUT2D eigenvalue weighted by Crippen LogP contribution is 2.31. The van der Waals surface area contributed by atoms with Gasteiger partial charge in [-0.3, -0.25) is 14.8 Å². The summed E-state index contributed by atoms with van der Waals surface area (Å²) in [7, 11) is -3.62. The SMILES string of the molecule is CCN(C[C@@H]1COc2ccccc2O1)S(=O)(=O)CCn1nc(C)c([N+](=O)[O-])c1C. The summed E-state index contributed by atoms with van der Waals surface area (Å²) in [5.41, 5.74) is 0.524. The zero-order chi connectivity index (χ0) is 21.2. The largest absolute Gasteiger partial charge is 0.486 e. The van der Waals surface area contributed by atoms with Crippen molar-refractivity contribution in [2.24, 2.45) is 0 Å². The number of sulfonamides is 1. The van der Waals surface area contributed by atoms with E-state index in [-0.39, 0.29) is 43.4 Å². The number of aromatic nitrogens is 2. The van der Waals surface area contributed by atoms with Gasteiger partial charge in [-0.05, 0) is 26.0 Å². The molecular weight excluding hydrogens is 400 g/mol. The van der Waals surface area contributed by atoms with Crippen LogP contribution in [0.1, 0.15) is 18.3 Å². The van der Waals surface area contributed by atoms with Crippen molar-refractivity contribution in [2.45, 2.75) is 33.4 Å². The third-order valence-electron chi connectivity index (χ3n) is 4.81. The summed E-state index contributed by atoms with van der Waals surface area (Å²) in [5.74, 6) is 1.01. The van der Waals surface area contributed by atoms with Crippen LogP contribution in [0.3, 0.4) is 0 Å². The van der Waals surface area contributed by atoms with Crippen molar-refractivity contribution in [1.29, 1.82) is 0 Å². The normalized spacial score (nSPS) is 16.2. The summed E-state index contributed by atoms with van der Waals surface area (Å²) < 4.78 is 39.9. The molecule has 11 heteroatoms. The van der Waals surface area contributed by atoms with Gasteiger partial charge < -0.3 is 9.47 Å². The van der Waals surface area contributed by atoms with Crippen LogP contribution in [-0.4, -0.2) is 59.0 Å². The summed E-state index contributed by atoms with van der Waals surface area (Å²) >= 11 is 0. The number of benzene rings is 1. The number of para-hydroxylation sites is 2.